The summed E-state index contributed by atoms with van der Waals surface area (Å²) in [7, 11) is 2.11. The lowest BCUT2D eigenvalue weighted by molar-refractivity contribution is -0.140. The Morgan fingerprint density at radius 3 is 2.31 bits per heavy atom. The lowest BCUT2D eigenvalue weighted by Crippen LogP contribution is -2.44. The molecule has 1 N–H and O–H groups in total. The van der Waals surface area contributed by atoms with Crippen molar-refractivity contribution in [3.05, 3.63) is 30.5 Å². The van der Waals surface area contributed by atoms with Crippen LogP contribution in [0.5, 0.6) is 0 Å². The van der Waals surface area contributed by atoms with Crippen molar-refractivity contribution < 1.29 is 14.4 Å². The second-order valence-electron chi connectivity index (χ2n) is 7.98. The smallest absolute Gasteiger partial charge is 0.233 e. The van der Waals surface area contributed by atoms with Gasteiger partial charge in [0.2, 0.25) is 17.7 Å². The minimum Gasteiger partial charge on any atom is -0.354 e. The first-order valence-corrected chi connectivity index (χ1v) is 10.2. The van der Waals surface area contributed by atoms with Crippen molar-refractivity contribution in [3.63, 3.8) is 0 Å². The molecule has 154 valence electrons. The van der Waals surface area contributed by atoms with Crippen LogP contribution in [0.1, 0.15) is 19.3 Å². The number of piperazine rings is 1. The zero-order chi connectivity index (χ0) is 20.4. The van der Waals surface area contributed by atoms with Crippen LogP contribution in [-0.2, 0) is 14.4 Å². The molecule has 2 fully saturated rings. The molecule has 8 heteroatoms. The van der Waals surface area contributed by atoms with Crippen molar-refractivity contribution in [3.8, 4) is 0 Å². The molecule has 0 aromatic carbocycles. The number of likely N-dealkylation sites (tertiary alicyclic amines) is 1. The number of pyridine rings is 1. The van der Waals surface area contributed by atoms with E-state index in [-0.39, 0.29) is 42.5 Å². The largest absolute Gasteiger partial charge is 0.354 e. The van der Waals surface area contributed by atoms with Crippen molar-refractivity contribution in [1.29, 1.82) is 0 Å². The van der Waals surface area contributed by atoms with Gasteiger partial charge in [-0.15, -0.1) is 0 Å². The zero-order valence-corrected chi connectivity index (χ0v) is 16.7. The Labute approximate surface area is 170 Å². The highest BCUT2D eigenvalue weighted by molar-refractivity contribution is 6.05. The fourth-order valence-corrected chi connectivity index (χ4v) is 4.21. The van der Waals surface area contributed by atoms with Crippen LogP contribution in [0, 0.1) is 11.8 Å². The summed E-state index contributed by atoms with van der Waals surface area (Å²) in [6.07, 6.45) is 6.89. The molecule has 2 atom stereocenters. The Bertz CT molecular complexity index is 788. The summed E-state index contributed by atoms with van der Waals surface area (Å²) in [6.45, 7) is 4.01. The number of allylic oxidation sites excluding steroid dienone is 2. The molecular weight excluding hydrogens is 370 g/mol. The molecule has 3 heterocycles. The molecule has 0 saturated carbocycles. The summed E-state index contributed by atoms with van der Waals surface area (Å²) in [5, 5.41) is 2.81. The van der Waals surface area contributed by atoms with Gasteiger partial charge in [0, 0.05) is 39.1 Å². The van der Waals surface area contributed by atoms with Gasteiger partial charge in [-0.25, -0.2) is 4.98 Å². The number of aromatic nitrogens is 1. The fraction of sp³-hybridized carbons (Fsp3) is 0.524. The van der Waals surface area contributed by atoms with Crippen molar-refractivity contribution in [2.24, 2.45) is 11.8 Å². The maximum Gasteiger partial charge on any atom is 0.233 e. The standard InChI is InChI=1S/C21H27N5O3/c1-24-10-12-25(13-11-24)18-7-6-15(14-22-18)23-19(27)8-9-26-20(28)16-4-2-3-5-17(16)21(26)29/h2-3,6-7,14,16-17H,4-5,8-13H2,1H3,(H,23,27). The molecule has 0 spiro atoms. The summed E-state index contributed by atoms with van der Waals surface area (Å²) >= 11 is 0. The Morgan fingerprint density at radius 2 is 1.72 bits per heavy atom. The van der Waals surface area contributed by atoms with Crippen molar-refractivity contribution in [2.45, 2.75) is 19.3 Å². The third kappa shape index (κ3) is 4.17. The molecule has 0 radical (unpaired) electrons. The van der Waals surface area contributed by atoms with Gasteiger partial charge in [-0.3, -0.25) is 19.3 Å². The van der Waals surface area contributed by atoms with Crippen molar-refractivity contribution in [1.82, 2.24) is 14.8 Å². The third-order valence-corrected chi connectivity index (χ3v) is 6.02. The SMILES string of the molecule is CN1CCN(c2ccc(NC(=O)CCN3C(=O)C4CC=CCC4C3=O)cn2)CC1. The number of amides is 3. The number of hydrogen-bond acceptors (Lipinski definition) is 6. The highest BCUT2D eigenvalue weighted by Gasteiger charge is 2.46. The van der Waals surface area contributed by atoms with Crippen LogP contribution in [0.25, 0.3) is 0 Å². The van der Waals surface area contributed by atoms with Gasteiger partial charge >= 0.3 is 0 Å². The minimum absolute atomic E-state index is 0.0879. The van der Waals surface area contributed by atoms with Gasteiger partial charge in [0.05, 0.1) is 23.7 Å². The Balaban J connectivity index is 1.28. The molecule has 3 aliphatic rings. The average Bonchev–Trinajstić information content (AvgIpc) is 2.98. The molecule has 3 amide bonds. The number of imide groups is 1. The van der Waals surface area contributed by atoms with E-state index < -0.39 is 0 Å². The van der Waals surface area contributed by atoms with E-state index >= 15 is 0 Å². The van der Waals surface area contributed by atoms with Crippen LogP contribution in [0.3, 0.4) is 0 Å². The number of anilines is 2. The van der Waals surface area contributed by atoms with E-state index in [1.807, 2.05) is 24.3 Å². The van der Waals surface area contributed by atoms with E-state index in [4.69, 9.17) is 0 Å². The summed E-state index contributed by atoms with van der Waals surface area (Å²) in [5.74, 6) is -0.109. The molecule has 0 bridgehead atoms. The van der Waals surface area contributed by atoms with E-state index in [0.29, 0.717) is 18.5 Å². The Kier molecular flexibility index (Phi) is 5.62. The van der Waals surface area contributed by atoms with Gasteiger partial charge < -0.3 is 15.1 Å². The minimum atomic E-state index is -0.248. The quantitative estimate of drug-likeness (QED) is 0.592. The van der Waals surface area contributed by atoms with E-state index in [0.717, 1.165) is 32.0 Å². The predicted molar refractivity (Wildman–Crippen MR) is 109 cm³/mol. The molecule has 2 aliphatic heterocycles. The maximum absolute atomic E-state index is 12.5. The van der Waals surface area contributed by atoms with Gasteiger partial charge in [-0.2, -0.15) is 0 Å². The molecule has 1 aliphatic carbocycles. The van der Waals surface area contributed by atoms with Gasteiger partial charge in [-0.1, -0.05) is 12.2 Å². The molecule has 1 aromatic rings. The highest BCUT2D eigenvalue weighted by Crippen LogP contribution is 2.35. The normalized spacial score (nSPS) is 24.7. The van der Waals surface area contributed by atoms with Crippen LogP contribution < -0.4 is 10.2 Å². The third-order valence-electron chi connectivity index (χ3n) is 6.02. The summed E-state index contributed by atoms with van der Waals surface area (Å²) in [5.41, 5.74) is 0.616. The van der Waals surface area contributed by atoms with Gasteiger partial charge in [0.15, 0.2) is 0 Å². The first-order chi connectivity index (χ1) is 14.0. The first-order valence-electron chi connectivity index (χ1n) is 10.2. The van der Waals surface area contributed by atoms with Gasteiger partial charge in [0.1, 0.15) is 5.82 Å². The number of carbonyl (C=O) groups is 3. The number of fused-ring (bicyclic) bond motifs is 1. The monoisotopic (exact) mass is 397 g/mol. The fourth-order valence-electron chi connectivity index (χ4n) is 4.21. The highest BCUT2D eigenvalue weighted by atomic mass is 16.2. The summed E-state index contributed by atoms with van der Waals surface area (Å²) in [6, 6.07) is 3.75. The van der Waals surface area contributed by atoms with Gasteiger partial charge in [-0.05, 0) is 32.0 Å². The molecule has 29 heavy (non-hydrogen) atoms. The summed E-state index contributed by atoms with van der Waals surface area (Å²) < 4.78 is 0. The molecule has 2 unspecified atom stereocenters. The molecule has 8 nitrogen and oxygen atoms in total. The number of nitrogens with one attached hydrogen (secondary N) is 1. The predicted octanol–water partition coefficient (Wildman–Crippen LogP) is 1.11. The molecule has 4 rings (SSSR count). The number of likely N-dealkylation sites (N-methyl/N-ethyl adjacent to an activating group) is 1. The molecule has 1 aromatic heterocycles. The van der Waals surface area contributed by atoms with E-state index in [1.165, 1.54) is 4.90 Å². The molecule has 2 saturated heterocycles. The zero-order valence-electron chi connectivity index (χ0n) is 16.7. The Hall–Kier alpha value is -2.74. The van der Waals surface area contributed by atoms with Crippen molar-refractivity contribution >= 4 is 29.2 Å². The number of rotatable bonds is 5. The van der Waals surface area contributed by atoms with Gasteiger partial charge in [0.25, 0.3) is 0 Å². The lowest BCUT2D eigenvalue weighted by atomic mass is 9.85. The van der Waals surface area contributed by atoms with Crippen LogP contribution in [0.2, 0.25) is 0 Å². The maximum atomic E-state index is 12.5. The van der Waals surface area contributed by atoms with E-state index in [9.17, 15) is 14.4 Å². The number of hydrogen-bond donors (Lipinski definition) is 1. The average molecular weight is 397 g/mol. The lowest BCUT2D eigenvalue weighted by Gasteiger charge is -2.33. The van der Waals surface area contributed by atoms with Crippen LogP contribution in [0.4, 0.5) is 11.5 Å². The second-order valence-corrected chi connectivity index (χ2v) is 7.98. The van der Waals surface area contributed by atoms with Crippen molar-refractivity contribution in [2.75, 3.05) is 50.0 Å². The second kappa shape index (κ2) is 8.32. The number of nitrogens with zero attached hydrogens (tertiary/aromatic N) is 4. The summed E-state index contributed by atoms with van der Waals surface area (Å²) in [4.78, 5) is 47.4. The van der Waals surface area contributed by atoms with E-state index in [2.05, 4.69) is 27.1 Å². The topological polar surface area (TPSA) is 85.9 Å². The molecular formula is C21H27N5O3. The van der Waals surface area contributed by atoms with Crippen LogP contribution >= 0.6 is 0 Å². The number of carbonyl (C=O) groups excluding carboxylic acids is 3. The Morgan fingerprint density at radius 1 is 1.07 bits per heavy atom. The van der Waals surface area contributed by atoms with Crippen LogP contribution in [0.15, 0.2) is 30.5 Å². The van der Waals surface area contributed by atoms with Crippen LogP contribution in [-0.4, -0.2) is 72.3 Å². The van der Waals surface area contributed by atoms with E-state index in [1.54, 1.807) is 6.20 Å². The first kappa shape index (κ1) is 19.6.